The molecule has 1 radical (unpaired) electrons. The van der Waals surface area contributed by atoms with Crippen LogP contribution in [0.3, 0.4) is 0 Å². The molecular formula is C2H4BN2S4. The Balaban J connectivity index is 3.10. The molecule has 0 aliphatic heterocycles. The number of hydrogen-bond donors (Lipinski definition) is 4. The van der Waals surface area contributed by atoms with Gasteiger partial charge in [0.25, 0.3) is 0 Å². The molecule has 49 valence electrons. The average Bonchev–Trinajstić information content (AvgIpc) is 1.63. The molecule has 0 aliphatic rings. The van der Waals surface area contributed by atoms with Gasteiger partial charge in [0.05, 0.1) is 0 Å². The second-order valence-corrected chi connectivity index (χ2v) is 3.36. The molecule has 7 heteroatoms. The minimum absolute atomic E-state index is 0.382. The van der Waals surface area contributed by atoms with Gasteiger partial charge in [-0.15, -0.1) is 25.3 Å². The summed E-state index contributed by atoms with van der Waals surface area (Å²) in [5, 5.41) is 5.20. The Labute approximate surface area is 76.3 Å². The molecule has 9 heavy (non-hydrogen) atoms. The van der Waals surface area contributed by atoms with Crippen molar-refractivity contribution in [2.24, 2.45) is 0 Å². The molecule has 0 heterocycles. The molecule has 0 saturated carbocycles. The van der Waals surface area contributed by atoms with Gasteiger partial charge < -0.3 is 10.5 Å². The maximum absolute atomic E-state index is 4.56. The molecule has 0 fully saturated rings. The summed E-state index contributed by atoms with van der Waals surface area (Å²) in [6, 6.07) is 0. The van der Waals surface area contributed by atoms with Crippen molar-refractivity contribution in [3.8, 4) is 0 Å². The van der Waals surface area contributed by atoms with Crippen LogP contribution < -0.4 is 10.5 Å². The van der Waals surface area contributed by atoms with Gasteiger partial charge in [-0.2, -0.15) is 0 Å². The average molecular weight is 195 g/mol. The van der Waals surface area contributed by atoms with Crippen molar-refractivity contribution in [1.82, 2.24) is 10.5 Å². The van der Waals surface area contributed by atoms with Crippen molar-refractivity contribution in [2.75, 3.05) is 0 Å². The van der Waals surface area contributed by atoms with Crippen molar-refractivity contribution >= 4 is 65.9 Å². The number of thiol groups is 2. The third kappa shape index (κ3) is 8.54. The largest absolute Gasteiger partial charge is 0.398 e. The minimum Gasteiger partial charge on any atom is -0.398 e. The topological polar surface area (TPSA) is 24.1 Å². The van der Waals surface area contributed by atoms with E-state index in [4.69, 9.17) is 0 Å². The van der Waals surface area contributed by atoms with Gasteiger partial charge in [0.2, 0.25) is 0 Å². The Morgan fingerprint density at radius 1 is 1.11 bits per heavy atom. The van der Waals surface area contributed by atoms with E-state index in [1.807, 2.05) is 0 Å². The second kappa shape index (κ2) is 5.34. The molecule has 0 bridgehead atoms. The van der Waals surface area contributed by atoms with Crippen molar-refractivity contribution in [3.05, 3.63) is 0 Å². The maximum Gasteiger partial charge on any atom is 0.387 e. The molecule has 0 saturated heterocycles. The van der Waals surface area contributed by atoms with Crippen molar-refractivity contribution < 1.29 is 0 Å². The van der Waals surface area contributed by atoms with Crippen LogP contribution in [0.5, 0.6) is 0 Å². The van der Waals surface area contributed by atoms with Crippen molar-refractivity contribution in [2.45, 2.75) is 0 Å². The SMILES string of the molecule is S=C(S)N[B]NC(=S)S. The van der Waals surface area contributed by atoms with Crippen LogP contribution in [-0.4, -0.2) is 16.2 Å². The Hall–Kier alpha value is 0.545. The minimum atomic E-state index is 0.382. The van der Waals surface area contributed by atoms with Crippen LogP contribution >= 0.6 is 49.7 Å². The molecule has 0 aromatic heterocycles. The van der Waals surface area contributed by atoms with E-state index in [-0.39, 0.29) is 0 Å². The summed E-state index contributed by atoms with van der Waals surface area (Å²) in [4.78, 5) is 0. The molecule has 0 atom stereocenters. The molecule has 0 spiro atoms. The van der Waals surface area contributed by atoms with Crippen molar-refractivity contribution in [3.63, 3.8) is 0 Å². The standard InChI is InChI=1S/C2H4BN2S4/c6-1(7)4-3-5-2(8)9/h(H2,4,6,7)(H2,5,8,9). The van der Waals surface area contributed by atoms with E-state index in [0.29, 0.717) is 8.64 Å². The predicted molar refractivity (Wildman–Crippen MR) is 55.2 cm³/mol. The lowest BCUT2D eigenvalue weighted by molar-refractivity contribution is 1.41. The van der Waals surface area contributed by atoms with E-state index in [1.54, 1.807) is 0 Å². The maximum atomic E-state index is 4.56. The first-order valence-corrected chi connectivity index (χ1v) is 3.64. The molecule has 0 aliphatic carbocycles. The monoisotopic (exact) mass is 195 g/mol. The normalized spacial score (nSPS) is 7.78. The van der Waals surface area contributed by atoms with Crippen LogP contribution in [0, 0.1) is 0 Å². The van der Waals surface area contributed by atoms with E-state index in [0.717, 1.165) is 0 Å². The van der Waals surface area contributed by atoms with Gasteiger partial charge in [-0.3, -0.25) is 0 Å². The summed E-state index contributed by atoms with van der Waals surface area (Å²) in [6.45, 7) is 0. The smallest absolute Gasteiger partial charge is 0.387 e. The first-order valence-electron chi connectivity index (χ1n) is 1.93. The molecule has 0 amide bonds. The Morgan fingerprint density at radius 3 is 1.67 bits per heavy atom. The lowest BCUT2D eigenvalue weighted by Crippen LogP contribution is -2.35. The first-order chi connectivity index (χ1) is 4.13. The lowest BCUT2D eigenvalue weighted by atomic mass is 10.2. The summed E-state index contributed by atoms with van der Waals surface area (Å²) >= 11 is 16.7. The predicted octanol–water partition coefficient (Wildman–Crippen LogP) is 0.129. The molecular weight excluding hydrogens is 191 g/mol. The highest BCUT2D eigenvalue weighted by Crippen LogP contribution is 1.75. The number of rotatable bonds is 2. The highest BCUT2D eigenvalue weighted by molar-refractivity contribution is 8.11. The van der Waals surface area contributed by atoms with Crippen LogP contribution in [0.4, 0.5) is 0 Å². The molecule has 2 nitrogen and oxygen atoms in total. The van der Waals surface area contributed by atoms with Crippen molar-refractivity contribution in [1.29, 1.82) is 0 Å². The first kappa shape index (κ1) is 9.54. The third-order valence-electron chi connectivity index (χ3n) is 0.391. The fraction of sp³-hybridized carbons (Fsp3) is 0. The van der Waals surface area contributed by atoms with E-state index in [1.165, 1.54) is 7.55 Å². The summed E-state index contributed by atoms with van der Waals surface area (Å²) < 4.78 is 0.763. The zero-order valence-corrected chi connectivity index (χ0v) is 7.71. The Kier molecular flexibility index (Phi) is 5.66. The lowest BCUT2D eigenvalue weighted by Gasteiger charge is -1.99. The van der Waals surface area contributed by atoms with Gasteiger partial charge in [0, 0.05) is 0 Å². The second-order valence-electron chi connectivity index (χ2n) is 1.04. The van der Waals surface area contributed by atoms with Gasteiger partial charge in [-0.05, 0) is 0 Å². The van der Waals surface area contributed by atoms with Gasteiger partial charge in [0.1, 0.15) is 8.64 Å². The van der Waals surface area contributed by atoms with Crippen LogP contribution in [0.1, 0.15) is 0 Å². The zero-order valence-electron chi connectivity index (χ0n) is 4.29. The molecule has 2 N–H and O–H groups in total. The number of thiocarbonyl (C=S) groups is 2. The van der Waals surface area contributed by atoms with Crippen LogP contribution in [-0.2, 0) is 0 Å². The third-order valence-corrected chi connectivity index (χ3v) is 0.885. The van der Waals surface area contributed by atoms with E-state index in [9.17, 15) is 0 Å². The Bertz CT molecular complexity index is 112. The van der Waals surface area contributed by atoms with Gasteiger partial charge in [-0.1, -0.05) is 24.4 Å². The molecule has 0 aromatic carbocycles. The van der Waals surface area contributed by atoms with Crippen LogP contribution in [0.2, 0.25) is 0 Å². The fourth-order valence-electron chi connectivity index (χ4n) is 0.160. The molecule has 0 aromatic rings. The zero-order chi connectivity index (χ0) is 7.28. The number of hydrogen-bond acceptors (Lipinski definition) is 2. The van der Waals surface area contributed by atoms with E-state index in [2.05, 4.69) is 60.1 Å². The van der Waals surface area contributed by atoms with E-state index >= 15 is 0 Å². The highest BCUT2D eigenvalue weighted by atomic mass is 32.1. The van der Waals surface area contributed by atoms with Gasteiger partial charge >= 0.3 is 7.55 Å². The summed E-state index contributed by atoms with van der Waals surface area (Å²) in [5.41, 5.74) is 0. The summed E-state index contributed by atoms with van der Waals surface area (Å²) in [6.07, 6.45) is 0. The quantitative estimate of drug-likeness (QED) is 0.286. The van der Waals surface area contributed by atoms with Gasteiger partial charge in [-0.25, -0.2) is 0 Å². The van der Waals surface area contributed by atoms with Crippen LogP contribution in [0.15, 0.2) is 0 Å². The van der Waals surface area contributed by atoms with Gasteiger partial charge in [0.15, 0.2) is 0 Å². The number of nitrogens with one attached hydrogen (secondary N) is 2. The Morgan fingerprint density at radius 2 is 1.44 bits per heavy atom. The highest BCUT2D eigenvalue weighted by Gasteiger charge is 1.90. The molecule has 0 unspecified atom stereocenters. The molecule has 0 rings (SSSR count). The van der Waals surface area contributed by atoms with E-state index < -0.39 is 0 Å². The summed E-state index contributed by atoms with van der Waals surface area (Å²) in [5.74, 6) is 0. The summed E-state index contributed by atoms with van der Waals surface area (Å²) in [7, 11) is 1.46. The van der Waals surface area contributed by atoms with Crippen LogP contribution in [0.25, 0.3) is 0 Å². The fourth-order valence-corrected chi connectivity index (χ4v) is 0.407.